The summed E-state index contributed by atoms with van der Waals surface area (Å²) in [7, 11) is 1.85. The second kappa shape index (κ2) is 11.6. The first-order chi connectivity index (χ1) is 23.0. The second-order valence-electron chi connectivity index (χ2n) is 18.2. The van der Waals surface area contributed by atoms with Gasteiger partial charge in [-0.05, 0) is 111 Å². The fraction of sp³-hybridized carbons (Fsp3) is 0.417. The van der Waals surface area contributed by atoms with Gasteiger partial charge in [0, 0.05) is 23.0 Å². The summed E-state index contributed by atoms with van der Waals surface area (Å²) in [6.07, 6.45) is 8.62. The maximum Gasteiger partial charge on any atom is 0.131 e. The summed E-state index contributed by atoms with van der Waals surface area (Å²) in [6, 6.07) is 23.9. The van der Waals surface area contributed by atoms with Crippen LogP contribution in [0.3, 0.4) is 0 Å². The quantitative estimate of drug-likeness (QED) is 0.214. The Balaban J connectivity index is 1.42. The molecule has 0 heterocycles. The van der Waals surface area contributed by atoms with Crippen LogP contribution in [0.5, 0.6) is 5.75 Å². The van der Waals surface area contributed by atoms with Gasteiger partial charge in [-0.2, -0.15) is 0 Å². The van der Waals surface area contributed by atoms with Gasteiger partial charge in [-0.15, -0.1) is 0 Å². The van der Waals surface area contributed by atoms with Crippen molar-refractivity contribution in [3.63, 3.8) is 0 Å². The standard InChI is InChI=1S/C48H56O/c1-28-24-36-38(26-32-14-13-15-35(32)43(36)30-16-20-33(21-17-30)46(3,4)5)41(28)42-29(2)25-37-39(42)27-40(48(9,10)11)45(49-12)44(37)31-18-22-34(23-19-31)47(6,7)8/h16-27,41-42H,13-15H2,1-12H3. The van der Waals surface area contributed by atoms with Crippen LogP contribution in [0.2, 0.25) is 0 Å². The first-order valence-electron chi connectivity index (χ1n) is 18.5. The van der Waals surface area contributed by atoms with E-state index in [0.717, 1.165) is 5.75 Å². The number of hydrogen-bond donors (Lipinski definition) is 0. The minimum absolute atomic E-state index is 0.0762. The Hall–Kier alpha value is -3.84. The summed E-state index contributed by atoms with van der Waals surface area (Å²) < 4.78 is 6.36. The topological polar surface area (TPSA) is 9.23 Å². The largest absolute Gasteiger partial charge is 0.496 e. The van der Waals surface area contributed by atoms with Crippen LogP contribution >= 0.6 is 0 Å². The molecule has 3 aliphatic rings. The van der Waals surface area contributed by atoms with Crippen molar-refractivity contribution in [3.8, 4) is 28.0 Å². The van der Waals surface area contributed by atoms with Gasteiger partial charge in [-0.3, -0.25) is 0 Å². The van der Waals surface area contributed by atoms with Crippen molar-refractivity contribution < 1.29 is 4.74 Å². The zero-order valence-electron chi connectivity index (χ0n) is 32.1. The van der Waals surface area contributed by atoms with Crippen LogP contribution in [-0.4, -0.2) is 7.11 Å². The van der Waals surface area contributed by atoms with E-state index in [1.165, 1.54) is 91.6 Å². The van der Waals surface area contributed by atoms with Crippen molar-refractivity contribution in [2.75, 3.05) is 7.11 Å². The van der Waals surface area contributed by atoms with Gasteiger partial charge in [0.1, 0.15) is 5.75 Å². The fourth-order valence-corrected chi connectivity index (χ4v) is 8.98. The van der Waals surface area contributed by atoms with Crippen LogP contribution < -0.4 is 4.74 Å². The smallest absolute Gasteiger partial charge is 0.131 e. The Morgan fingerprint density at radius 2 is 1.04 bits per heavy atom. The van der Waals surface area contributed by atoms with Crippen molar-refractivity contribution in [1.82, 2.24) is 0 Å². The highest BCUT2D eigenvalue weighted by Gasteiger charge is 2.41. The van der Waals surface area contributed by atoms with E-state index in [-0.39, 0.29) is 22.2 Å². The molecule has 0 aliphatic heterocycles. The van der Waals surface area contributed by atoms with E-state index in [0.29, 0.717) is 5.92 Å². The average Bonchev–Trinajstić information content (AvgIpc) is 3.71. The molecule has 3 aliphatic carbocycles. The van der Waals surface area contributed by atoms with Gasteiger partial charge in [-0.25, -0.2) is 0 Å². The van der Waals surface area contributed by atoms with Gasteiger partial charge in [0.15, 0.2) is 0 Å². The van der Waals surface area contributed by atoms with Gasteiger partial charge in [-0.1, -0.05) is 146 Å². The molecule has 0 radical (unpaired) electrons. The SMILES string of the molecule is COc1c(C(C)(C)C)cc2c(c1-c1ccc(C(C)(C)C)cc1)C=C(C)C2C1C(C)=Cc2c1cc1c(c2-c2ccc(C(C)(C)C)cc2)CCC1. The molecule has 254 valence electrons. The summed E-state index contributed by atoms with van der Waals surface area (Å²) in [5.74, 6) is 1.60. The molecule has 1 heteroatoms. The monoisotopic (exact) mass is 648 g/mol. The third-order valence-corrected chi connectivity index (χ3v) is 11.6. The van der Waals surface area contributed by atoms with Gasteiger partial charge < -0.3 is 4.74 Å². The molecule has 0 aromatic heterocycles. The number of ether oxygens (including phenoxy) is 1. The van der Waals surface area contributed by atoms with Crippen LogP contribution in [0, 0.1) is 0 Å². The molecular formula is C48H56O. The number of rotatable bonds is 4. The lowest BCUT2D eigenvalue weighted by Gasteiger charge is -2.30. The van der Waals surface area contributed by atoms with Crippen molar-refractivity contribution >= 4 is 12.2 Å². The fourth-order valence-electron chi connectivity index (χ4n) is 8.98. The average molecular weight is 649 g/mol. The molecule has 49 heavy (non-hydrogen) atoms. The Kier molecular flexibility index (Phi) is 7.98. The third kappa shape index (κ3) is 5.62. The van der Waals surface area contributed by atoms with E-state index in [4.69, 9.17) is 4.74 Å². The van der Waals surface area contributed by atoms with Crippen molar-refractivity contribution in [1.29, 1.82) is 0 Å². The molecule has 0 spiro atoms. The molecular weight excluding hydrogens is 593 g/mol. The van der Waals surface area contributed by atoms with E-state index >= 15 is 0 Å². The van der Waals surface area contributed by atoms with Crippen molar-refractivity contribution in [3.05, 3.63) is 122 Å². The minimum Gasteiger partial charge on any atom is -0.496 e. The number of fused-ring (bicyclic) bond motifs is 3. The number of aryl methyl sites for hydroxylation is 1. The lowest BCUT2D eigenvalue weighted by molar-refractivity contribution is 0.399. The number of benzene rings is 4. The molecule has 0 amide bonds. The molecule has 2 atom stereocenters. The van der Waals surface area contributed by atoms with Crippen LogP contribution in [0.25, 0.3) is 34.4 Å². The zero-order chi connectivity index (χ0) is 35.2. The summed E-state index contributed by atoms with van der Waals surface area (Å²) >= 11 is 0. The zero-order valence-corrected chi connectivity index (χ0v) is 32.1. The highest BCUT2D eigenvalue weighted by Crippen LogP contribution is 2.58. The molecule has 0 saturated heterocycles. The van der Waals surface area contributed by atoms with Gasteiger partial charge >= 0.3 is 0 Å². The first kappa shape index (κ1) is 33.6. The third-order valence-electron chi connectivity index (χ3n) is 11.6. The lowest BCUT2D eigenvalue weighted by Crippen LogP contribution is -2.17. The predicted octanol–water partition coefficient (Wildman–Crippen LogP) is 13.1. The van der Waals surface area contributed by atoms with E-state index < -0.39 is 0 Å². The Bertz CT molecular complexity index is 2010. The van der Waals surface area contributed by atoms with Gasteiger partial charge in [0.05, 0.1) is 7.11 Å². The van der Waals surface area contributed by atoms with E-state index in [9.17, 15) is 0 Å². The van der Waals surface area contributed by atoms with Crippen molar-refractivity contribution in [2.45, 2.75) is 124 Å². The summed E-state index contributed by atoms with van der Waals surface area (Å²) in [6.45, 7) is 25.5. The highest BCUT2D eigenvalue weighted by molar-refractivity contribution is 5.90. The number of hydrogen-bond acceptors (Lipinski definition) is 1. The van der Waals surface area contributed by atoms with E-state index in [1.807, 2.05) is 7.11 Å². The predicted molar refractivity (Wildman–Crippen MR) is 211 cm³/mol. The van der Waals surface area contributed by atoms with Gasteiger partial charge in [0.25, 0.3) is 0 Å². The number of allylic oxidation sites excluding steroid dienone is 2. The minimum atomic E-state index is -0.0762. The normalized spacial score (nSPS) is 18.6. The molecule has 7 rings (SSSR count). The molecule has 0 saturated carbocycles. The summed E-state index contributed by atoms with van der Waals surface area (Å²) in [5.41, 5.74) is 21.3. The molecule has 0 bridgehead atoms. The van der Waals surface area contributed by atoms with E-state index in [1.54, 1.807) is 11.1 Å². The number of methoxy groups -OCH3 is 1. The molecule has 2 unspecified atom stereocenters. The summed E-state index contributed by atoms with van der Waals surface area (Å²) in [4.78, 5) is 0. The molecule has 4 aromatic rings. The molecule has 1 nitrogen and oxygen atoms in total. The highest BCUT2D eigenvalue weighted by atomic mass is 16.5. The van der Waals surface area contributed by atoms with Crippen LogP contribution in [-0.2, 0) is 29.1 Å². The molecule has 0 N–H and O–H groups in total. The molecule has 0 fully saturated rings. The lowest BCUT2D eigenvalue weighted by atomic mass is 9.74. The Morgan fingerprint density at radius 3 is 1.51 bits per heavy atom. The molecule has 4 aromatic carbocycles. The van der Waals surface area contributed by atoms with E-state index in [2.05, 4.69) is 149 Å². The Labute approximate surface area is 296 Å². The van der Waals surface area contributed by atoms with Crippen LogP contribution in [0.15, 0.2) is 71.8 Å². The maximum atomic E-state index is 6.36. The van der Waals surface area contributed by atoms with Crippen LogP contribution in [0.1, 0.15) is 144 Å². The van der Waals surface area contributed by atoms with Crippen molar-refractivity contribution in [2.24, 2.45) is 0 Å². The second-order valence-corrected chi connectivity index (χ2v) is 18.2. The van der Waals surface area contributed by atoms with Crippen LogP contribution in [0.4, 0.5) is 0 Å². The maximum absolute atomic E-state index is 6.36. The van der Waals surface area contributed by atoms with Gasteiger partial charge in [0.2, 0.25) is 0 Å². The Morgan fingerprint density at radius 1 is 0.571 bits per heavy atom. The first-order valence-corrected chi connectivity index (χ1v) is 18.5. The summed E-state index contributed by atoms with van der Waals surface area (Å²) in [5, 5.41) is 0.